The maximum Gasteiger partial charge on any atom is 0.268 e. The fourth-order valence-corrected chi connectivity index (χ4v) is 2.71. The second-order valence-corrected chi connectivity index (χ2v) is 5.86. The molecule has 1 aliphatic heterocycles. The van der Waals surface area contributed by atoms with Crippen LogP contribution in [-0.2, 0) is 9.63 Å². The maximum atomic E-state index is 12.9. The number of oxime groups is 1. The molecule has 2 aromatic carbocycles. The molecule has 0 aliphatic carbocycles. The lowest BCUT2D eigenvalue weighted by Gasteiger charge is -2.10. The van der Waals surface area contributed by atoms with E-state index < -0.39 is 6.10 Å². The number of anilines is 1. The van der Waals surface area contributed by atoms with E-state index in [1.54, 1.807) is 30.3 Å². The van der Waals surface area contributed by atoms with Crippen LogP contribution in [0.3, 0.4) is 0 Å². The monoisotopic (exact) mass is 352 g/mol. The Morgan fingerprint density at radius 2 is 1.83 bits per heavy atom. The van der Waals surface area contributed by atoms with Crippen LogP contribution in [0.4, 0.5) is 10.1 Å². The fraction of sp³-hybridized carbons (Fsp3) is 0.125. The molecule has 23 heavy (non-hydrogen) atoms. The van der Waals surface area contributed by atoms with Crippen LogP contribution in [0.25, 0.3) is 0 Å². The third-order valence-electron chi connectivity index (χ3n) is 3.27. The maximum absolute atomic E-state index is 12.9. The van der Waals surface area contributed by atoms with Crippen molar-refractivity contribution < 1.29 is 14.0 Å². The minimum absolute atomic E-state index is 0.297. The topological polar surface area (TPSA) is 50.7 Å². The molecule has 0 radical (unpaired) electrons. The number of rotatable bonds is 3. The lowest BCUT2D eigenvalue weighted by Crippen LogP contribution is -2.28. The molecule has 1 N–H and O–H groups in total. The number of hydrogen-bond acceptors (Lipinski definition) is 3. The molecule has 3 rings (SSSR count). The summed E-state index contributed by atoms with van der Waals surface area (Å²) in [6.45, 7) is 0. The van der Waals surface area contributed by atoms with Crippen LogP contribution in [0.2, 0.25) is 10.0 Å². The highest BCUT2D eigenvalue weighted by molar-refractivity contribution is 6.35. The van der Waals surface area contributed by atoms with Gasteiger partial charge in [0.05, 0.1) is 5.71 Å². The predicted molar refractivity (Wildman–Crippen MR) is 87.5 cm³/mol. The van der Waals surface area contributed by atoms with Crippen molar-refractivity contribution in [1.82, 2.24) is 0 Å². The number of nitrogens with one attached hydrogen (secondary N) is 1. The molecule has 1 atom stereocenters. The highest BCUT2D eigenvalue weighted by Crippen LogP contribution is 2.24. The molecule has 118 valence electrons. The average molecular weight is 353 g/mol. The molecule has 4 nitrogen and oxygen atoms in total. The van der Waals surface area contributed by atoms with Crippen LogP contribution >= 0.6 is 23.2 Å². The van der Waals surface area contributed by atoms with Crippen molar-refractivity contribution in [2.75, 3.05) is 5.32 Å². The first-order valence-corrected chi connectivity index (χ1v) is 7.52. The molecular weight excluding hydrogens is 342 g/mol. The van der Waals surface area contributed by atoms with Crippen molar-refractivity contribution in [3.8, 4) is 0 Å². The third-order valence-corrected chi connectivity index (χ3v) is 3.71. The zero-order valence-corrected chi connectivity index (χ0v) is 13.2. The van der Waals surface area contributed by atoms with Gasteiger partial charge in [0.25, 0.3) is 5.91 Å². The standard InChI is InChI=1S/C16H11Cl2FN2O2/c17-10-5-11(18)7-13(6-10)20-16(22)15-8-14(21-23-15)9-1-3-12(19)4-2-9/h1-7,15H,8H2,(H,20,22). The molecule has 0 saturated heterocycles. The fourth-order valence-electron chi connectivity index (χ4n) is 2.18. The Bertz CT molecular complexity index is 758. The van der Waals surface area contributed by atoms with Gasteiger partial charge in [-0.2, -0.15) is 0 Å². The summed E-state index contributed by atoms with van der Waals surface area (Å²) in [6, 6.07) is 10.6. The molecule has 1 aliphatic rings. The largest absolute Gasteiger partial charge is 0.382 e. The Morgan fingerprint density at radius 1 is 1.17 bits per heavy atom. The van der Waals surface area contributed by atoms with Gasteiger partial charge in [-0.05, 0) is 35.9 Å². The van der Waals surface area contributed by atoms with Gasteiger partial charge in [-0.3, -0.25) is 4.79 Å². The van der Waals surface area contributed by atoms with E-state index >= 15 is 0 Å². The predicted octanol–water partition coefficient (Wildman–Crippen LogP) is 4.26. The van der Waals surface area contributed by atoms with E-state index in [9.17, 15) is 9.18 Å². The summed E-state index contributed by atoms with van der Waals surface area (Å²) < 4.78 is 12.9. The molecule has 1 unspecified atom stereocenters. The quantitative estimate of drug-likeness (QED) is 0.896. The summed E-state index contributed by atoms with van der Waals surface area (Å²) in [4.78, 5) is 17.4. The molecule has 1 heterocycles. The van der Waals surface area contributed by atoms with Crippen LogP contribution in [0, 0.1) is 5.82 Å². The van der Waals surface area contributed by atoms with Crippen LogP contribution in [0.1, 0.15) is 12.0 Å². The molecule has 0 spiro atoms. The Kier molecular flexibility index (Phi) is 4.50. The van der Waals surface area contributed by atoms with Crippen LogP contribution < -0.4 is 5.32 Å². The van der Waals surface area contributed by atoms with Gasteiger partial charge in [0.2, 0.25) is 6.10 Å². The number of amides is 1. The summed E-state index contributed by atoms with van der Waals surface area (Å²) in [6.07, 6.45) is -0.459. The van der Waals surface area contributed by atoms with Gasteiger partial charge in [0, 0.05) is 22.2 Å². The van der Waals surface area contributed by atoms with Gasteiger partial charge in [0.15, 0.2) is 0 Å². The van der Waals surface area contributed by atoms with Gasteiger partial charge >= 0.3 is 0 Å². The Balaban J connectivity index is 1.65. The summed E-state index contributed by atoms with van der Waals surface area (Å²) in [7, 11) is 0. The number of benzene rings is 2. The van der Waals surface area contributed by atoms with E-state index in [0.717, 1.165) is 0 Å². The SMILES string of the molecule is O=C(Nc1cc(Cl)cc(Cl)c1)C1CC(c2ccc(F)cc2)=NO1. The van der Waals surface area contributed by atoms with Crippen molar-refractivity contribution in [2.24, 2.45) is 5.16 Å². The molecule has 7 heteroatoms. The van der Waals surface area contributed by atoms with Gasteiger partial charge < -0.3 is 10.2 Å². The van der Waals surface area contributed by atoms with Crippen molar-refractivity contribution >= 4 is 40.5 Å². The van der Waals surface area contributed by atoms with Crippen molar-refractivity contribution in [1.29, 1.82) is 0 Å². The zero-order chi connectivity index (χ0) is 16.4. The Labute approximate surface area is 141 Å². The average Bonchev–Trinajstić information content (AvgIpc) is 2.97. The number of hydrogen-bond donors (Lipinski definition) is 1. The van der Waals surface area contributed by atoms with E-state index in [-0.39, 0.29) is 11.7 Å². The summed E-state index contributed by atoms with van der Waals surface area (Å²) >= 11 is 11.8. The molecular formula is C16H11Cl2FN2O2. The normalized spacial score (nSPS) is 16.7. The minimum Gasteiger partial charge on any atom is -0.382 e. The summed E-state index contributed by atoms with van der Waals surface area (Å²) in [5, 5.41) is 7.42. The number of halogens is 3. The second-order valence-electron chi connectivity index (χ2n) is 4.99. The first kappa shape index (κ1) is 15.8. The second kappa shape index (κ2) is 6.56. The molecule has 1 amide bonds. The van der Waals surface area contributed by atoms with E-state index in [4.69, 9.17) is 28.0 Å². The van der Waals surface area contributed by atoms with E-state index in [1.807, 2.05) is 0 Å². The van der Waals surface area contributed by atoms with E-state index in [2.05, 4.69) is 10.5 Å². The lowest BCUT2D eigenvalue weighted by molar-refractivity contribution is -0.125. The lowest BCUT2D eigenvalue weighted by atomic mass is 10.0. The van der Waals surface area contributed by atoms with Crippen LogP contribution in [0.15, 0.2) is 47.6 Å². The number of nitrogens with zero attached hydrogens (tertiary/aromatic N) is 1. The number of carbonyl (C=O) groups excluding carboxylic acids is 1. The molecule has 0 fully saturated rings. The van der Waals surface area contributed by atoms with Gasteiger partial charge in [0.1, 0.15) is 5.82 Å². The molecule has 0 aromatic heterocycles. The molecule has 0 saturated carbocycles. The van der Waals surface area contributed by atoms with E-state index in [0.29, 0.717) is 33.4 Å². The smallest absolute Gasteiger partial charge is 0.268 e. The Hall–Kier alpha value is -2.11. The first-order chi connectivity index (χ1) is 11.0. The van der Waals surface area contributed by atoms with Gasteiger partial charge in [-0.1, -0.05) is 40.5 Å². The zero-order valence-electron chi connectivity index (χ0n) is 11.7. The summed E-state index contributed by atoms with van der Waals surface area (Å²) in [5.41, 5.74) is 1.79. The van der Waals surface area contributed by atoms with Crippen molar-refractivity contribution in [2.45, 2.75) is 12.5 Å². The van der Waals surface area contributed by atoms with Gasteiger partial charge in [-0.25, -0.2) is 4.39 Å². The highest BCUT2D eigenvalue weighted by Gasteiger charge is 2.29. The molecule has 0 bridgehead atoms. The van der Waals surface area contributed by atoms with Gasteiger partial charge in [-0.15, -0.1) is 0 Å². The van der Waals surface area contributed by atoms with Crippen LogP contribution in [0.5, 0.6) is 0 Å². The van der Waals surface area contributed by atoms with Crippen molar-refractivity contribution in [3.05, 3.63) is 63.9 Å². The minimum atomic E-state index is -0.757. The third kappa shape index (κ3) is 3.81. The summed E-state index contributed by atoms with van der Waals surface area (Å²) in [5.74, 6) is -0.690. The van der Waals surface area contributed by atoms with E-state index in [1.165, 1.54) is 12.1 Å². The Morgan fingerprint density at radius 3 is 2.48 bits per heavy atom. The number of carbonyl (C=O) groups is 1. The van der Waals surface area contributed by atoms with Crippen LogP contribution in [-0.4, -0.2) is 17.7 Å². The molecule has 2 aromatic rings. The van der Waals surface area contributed by atoms with Crippen molar-refractivity contribution in [3.63, 3.8) is 0 Å². The highest BCUT2D eigenvalue weighted by atomic mass is 35.5. The first-order valence-electron chi connectivity index (χ1n) is 6.77.